The number of fused-ring (bicyclic) bond motifs is 1. The summed E-state index contributed by atoms with van der Waals surface area (Å²) >= 11 is 1.51. The Labute approximate surface area is 167 Å². The van der Waals surface area contributed by atoms with Gasteiger partial charge in [-0.1, -0.05) is 12.1 Å². The Kier molecular flexibility index (Phi) is 6.46. The Hall–Kier alpha value is -2.67. The minimum absolute atomic E-state index is 0.0135. The number of halogens is 1. The van der Waals surface area contributed by atoms with Crippen molar-refractivity contribution in [3.8, 4) is 0 Å². The Bertz CT molecular complexity index is 1020. The molecule has 1 aromatic heterocycles. The molecule has 7 heteroatoms. The number of aromatic amines is 1. The Morgan fingerprint density at radius 1 is 1.18 bits per heavy atom. The molecule has 0 aliphatic carbocycles. The van der Waals surface area contributed by atoms with Crippen molar-refractivity contribution in [2.45, 2.75) is 37.8 Å². The summed E-state index contributed by atoms with van der Waals surface area (Å²) in [6.45, 7) is 4.12. The molecular weight excluding hydrogens is 377 g/mol. The van der Waals surface area contributed by atoms with Gasteiger partial charge in [0.1, 0.15) is 11.6 Å². The van der Waals surface area contributed by atoms with Crippen LogP contribution in [-0.2, 0) is 11.3 Å². The van der Waals surface area contributed by atoms with Crippen molar-refractivity contribution in [1.82, 2.24) is 14.9 Å². The molecule has 0 aliphatic rings. The van der Waals surface area contributed by atoms with Gasteiger partial charge in [-0.15, -0.1) is 11.8 Å². The van der Waals surface area contributed by atoms with E-state index < -0.39 is 0 Å². The molecule has 3 rings (SSSR count). The smallest absolute Gasteiger partial charge is 0.258 e. The number of amides is 1. The molecule has 0 radical (unpaired) electrons. The van der Waals surface area contributed by atoms with Gasteiger partial charge in [0.2, 0.25) is 5.91 Å². The first kappa shape index (κ1) is 20.1. The highest BCUT2D eigenvalue weighted by atomic mass is 32.2. The molecule has 0 spiro atoms. The van der Waals surface area contributed by atoms with Gasteiger partial charge in [-0.05, 0) is 50.2 Å². The van der Waals surface area contributed by atoms with E-state index in [1.165, 1.54) is 23.9 Å². The molecule has 146 valence electrons. The lowest BCUT2D eigenvalue weighted by molar-refractivity contribution is -0.133. The number of nitrogens with one attached hydrogen (secondary N) is 1. The molecule has 5 nitrogen and oxygen atoms in total. The average molecular weight is 399 g/mol. The summed E-state index contributed by atoms with van der Waals surface area (Å²) in [5.74, 6) is 0.774. The van der Waals surface area contributed by atoms with E-state index in [0.29, 0.717) is 28.9 Å². The molecule has 1 heterocycles. The van der Waals surface area contributed by atoms with Crippen molar-refractivity contribution in [3.05, 3.63) is 70.5 Å². The number of aromatic nitrogens is 2. The summed E-state index contributed by atoms with van der Waals surface area (Å²) in [6, 6.07) is 13.3. The van der Waals surface area contributed by atoms with Crippen LogP contribution >= 0.6 is 11.8 Å². The fraction of sp³-hybridized carbons (Fsp3) is 0.286. The minimum Gasteiger partial charge on any atom is -0.333 e. The molecule has 0 unspecified atom stereocenters. The van der Waals surface area contributed by atoms with Gasteiger partial charge >= 0.3 is 0 Å². The minimum atomic E-state index is -0.275. The summed E-state index contributed by atoms with van der Waals surface area (Å²) in [6.07, 6.45) is 0.345. The van der Waals surface area contributed by atoms with Gasteiger partial charge in [0.15, 0.2) is 0 Å². The van der Waals surface area contributed by atoms with Crippen molar-refractivity contribution >= 4 is 28.6 Å². The number of hydrogen-bond acceptors (Lipinski definition) is 4. The van der Waals surface area contributed by atoms with Gasteiger partial charge in [0.05, 0.1) is 17.4 Å². The van der Waals surface area contributed by atoms with E-state index in [2.05, 4.69) is 9.97 Å². The summed E-state index contributed by atoms with van der Waals surface area (Å²) in [4.78, 5) is 34.9. The van der Waals surface area contributed by atoms with Crippen molar-refractivity contribution in [1.29, 1.82) is 0 Å². The highest BCUT2D eigenvalue weighted by Gasteiger charge is 2.18. The third-order valence-corrected chi connectivity index (χ3v) is 5.34. The number of carbonyl (C=O) groups excluding carboxylic acids is 1. The highest BCUT2D eigenvalue weighted by Crippen LogP contribution is 2.20. The second-order valence-electron chi connectivity index (χ2n) is 6.70. The zero-order valence-electron chi connectivity index (χ0n) is 15.8. The summed E-state index contributed by atoms with van der Waals surface area (Å²) in [5.41, 5.74) is 0.410. The first-order valence-corrected chi connectivity index (χ1v) is 10.1. The van der Waals surface area contributed by atoms with Crippen LogP contribution in [-0.4, -0.2) is 32.6 Å². The fourth-order valence-electron chi connectivity index (χ4n) is 2.86. The summed E-state index contributed by atoms with van der Waals surface area (Å²) in [7, 11) is 0. The van der Waals surface area contributed by atoms with Gasteiger partial charge in [-0.25, -0.2) is 9.37 Å². The number of benzene rings is 2. The maximum Gasteiger partial charge on any atom is 0.258 e. The lowest BCUT2D eigenvalue weighted by Crippen LogP contribution is -2.37. The van der Waals surface area contributed by atoms with Crippen LogP contribution in [0.25, 0.3) is 10.9 Å². The zero-order chi connectivity index (χ0) is 20.1. The van der Waals surface area contributed by atoms with Gasteiger partial charge in [0.25, 0.3) is 5.56 Å². The summed E-state index contributed by atoms with van der Waals surface area (Å²) < 4.78 is 13.0. The average Bonchev–Trinajstić information content (AvgIpc) is 2.67. The molecule has 1 N–H and O–H groups in total. The van der Waals surface area contributed by atoms with E-state index in [4.69, 9.17) is 0 Å². The molecule has 1 amide bonds. The SMILES string of the molecule is CC(C)N(Cc1nc2ccccc2c(=O)[nH]1)C(=O)CCSc1ccc(F)cc1. The zero-order valence-corrected chi connectivity index (χ0v) is 16.6. The lowest BCUT2D eigenvalue weighted by atomic mass is 10.2. The molecule has 0 saturated carbocycles. The first-order valence-electron chi connectivity index (χ1n) is 9.10. The van der Waals surface area contributed by atoms with E-state index in [0.717, 1.165) is 4.90 Å². The fourth-order valence-corrected chi connectivity index (χ4v) is 3.70. The molecule has 2 aromatic carbocycles. The molecule has 28 heavy (non-hydrogen) atoms. The predicted molar refractivity (Wildman–Crippen MR) is 110 cm³/mol. The Morgan fingerprint density at radius 2 is 1.89 bits per heavy atom. The van der Waals surface area contributed by atoms with Crippen LogP contribution in [0.5, 0.6) is 0 Å². The van der Waals surface area contributed by atoms with E-state index in [1.807, 2.05) is 19.9 Å². The predicted octanol–water partition coefficient (Wildman–Crippen LogP) is 3.98. The van der Waals surface area contributed by atoms with Crippen LogP contribution in [0.3, 0.4) is 0 Å². The Morgan fingerprint density at radius 3 is 2.61 bits per heavy atom. The molecule has 0 bridgehead atoms. The van der Waals surface area contributed by atoms with Gasteiger partial charge < -0.3 is 9.88 Å². The van der Waals surface area contributed by atoms with Crippen LogP contribution in [0.1, 0.15) is 26.1 Å². The van der Waals surface area contributed by atoms with Crippen molar-refractivity contribution in [3.63, 3.8) is 0 Å². The topological polar surface area (TPSA) is 66.1 Å². The largest absolute Gasteiger partial charge is 0.333 e. The third kappa shape index (κ3) is 4.98. The van der Waals surface area contributed by atoms with Crippen molar-refractivity contribution < 1.29 is 9.18 Å². The molecule has 0 aliphatic heterocycles. The number of thioether (sulfide) groups is 1. The highest BCUT2D eigenvalue weighted by molar-refractivity contribution is 7.99. The quantitative estimate of drug-likeness (QED) is 0.610. The number of hydrogen-bond donors (Lipinski definition) is 1. The second kappa shape index (κ2) is 9.01. The third-order valence-electron chi connectivity index (χ3n) is 4.32. The van der Waals surface area contributed by atoms with Crippen LogP contribution in [0.4, 0.5) is 4.39 Å². The van der Waals surface area contributed by atoms with Gasteiger partial charge in [-0.3, -0.25) is 9.59 Å². The van der Waals surface area contributed by atoms with Gasteiger partial charge in [0, 0.05) is 23.1 Å². The molecule has 0 fully saturated rings. The molecule has 0 saturated heterocycles. The second-order valence-corrected chi connectivity index (χ2v) is 7.87. The van der Waals surface area contributed by atoms with Crippen LogP contribution < -0.4 is 5.56 Å². The molecule has 0 atom stereocenters. The van der Waals surface area contributed by atoms with E-state index in [1.54, 1.807) is 35.2 Å². The van der Waals surface area contributed by atoms with Crippen LogP contribution in [0.2, 0.25) is 0 Å². The number of carbonyl (C=O) groups is 1. The number of rotatable bonds is 7. The van der Waals surface area contributed by atoms with E-state index in [9.17, 15) is 14.0 Å². The van der Waals surface area contributed by atoms with Crippen LogP contribution in [0.15, 0.2) is 58.2 Å². The van der Waals surface area contributed by atoms with Gasteiger partial charge in [-0.2, -0.15) is 0 Å². The number of H-pyrrole nitrogens is 1. The number of nitrogens with zero attached hydrogens (tertiary/aromatic N) is 2. The standard InChI is InChI=1S/C21H22FN3O2S/c1-14(2)25(20(26)11-12-28-16-9-7-15(22)8-10-16)13-19-23-18-6-4-3-5-17(18)21(27)24-19/h3-10,14H,11-13H2,1-2H3,(H,23,24,27). The maximum absolute atomic E-state index is 13.0. The molecule has 3 aromatic rings. The van der Waals surface area contributed by atoms with Crippen molar-refractivity contribution in [2.24, 2.45) is 0 Å². The number of para-hydroxylation sites is 1. The lowest BCUT2D eigenvalue weighted by Gasteiger charge is -2.26. The van der Waals surface area contributed by atoms with Crippen molar-refractivity contribution in [2.75, 3.05) is 5.75 Å². The first-order chi connectivity index (χ1) is 13.4. The normalized spacial score (nSPS) is 11.1. The molecular formula is C21H22FN3O2S. The van der Waals surface area contributed by atoms with E-state index in [-0.39, 0.29) is 29.9 Å². The maximum atomic E-state index is 13.0. The Balaban J connectivity index is 1.66. The summed E-state index contributed by atoms with van der Waals surface area (Å²) in [5, 5.41) is 0.532. The van der Waals surface area contributed by atoms with E-state index >= 15 is 0 Å². The monoisotopic (exact) mass is 399 g/mol. The van der Waals surface area contributed by atoms with Crippen LogP contribution in [0, 0.1) is 5.82 Å².